The Morgan fingerprint density at radius 3 is 2.21 bits per heavy atom. The topological polar surface area (TPSA) is 27.3 Å². The largest absolute Gasteiger partial charge is 0.329 e. The van der Waals surface area contributed by atoms with Crippen molar-refractivity contribution in [3.8, 4) is 0 Å². The quantitative estimate of drug-likeness (QED) is 0.821. The van der Waals surface area contributed by atoms with Crippen molar-refractivity contribution in [3.63, 3.8) is 0 Å². The normalized spacial score (nSPS) is 24.7. The zero-order chi connectivity index (χ0) is 15.9. The lowest BCUT2D eigenvalue weighted by Gasteiger charge is -2.42. The van der Waals surface area contributed by atoms with E-state index in [1.54, 1.807) is 22.3 Å². The Labute approximate surface area is 150 Å². The Balaban J connectivity index is 1.25. The maximum Gasteiger partial charge on any atom is 0.0510 e. The average Bonchev–Trinajstić information content (AvgIpc) is 3.19. The van der Waals surface area contributed by atoms with E-state index >= 15 is 0 Å². The van der Waals surface area contributed by atoms with E-state index in [1.807, 2.05) is 11.9 Å². The molecule has 1 aromatic carbocycles. The molecule has 24 heavy (non-hydrogen) atoms. The van der Waals surface area contributed by atoms with Crippen molar-refractivity contribution in [2.75, 3.05) is 30.9 Å². The fourth-order valence-corrected chi connectivity index (χ4v) is 5.95. The summed E-state index contributed by atoms with van der Waals surface area (Å²) >= 11 is 2.03. The molecule has 5 rings (SSSR count). The molecule has 2 saturated heterocycles. The predicted octanol–water partition coefficient (Wildman–Crippen LogP) is 3.16. The maximum atomic E-state index is 3.87. The number of piperidine rings is 1. The Bertz CT molecular complexity index is 586. The molecule has 4 heteroatoms. The van der Waals surface area contributed by atoms with Crippen LogP contribution in [0.4, 0.5) is 5.69 Å². The molecule has 2 N–H and O–H groups in total. The summed E-state index contributed by atoms with van der Waals surface area (Å²) in [5, 5.41) is 4.19. The van der Waals surface area contributed by atoms with Gasteiger partial charge >= 0.3 is 0 Å². The highest BCUT2D eigenvalue weighted by Crippen LogP contribution is 2.40. The number of rotatable bonds is 4. The van der Waals surface area contributed by atoms with E-state index in [0.717, 1.165) is 11.3 Å². The second-order valence-corrected chi connectivity index (χ2v) is 9.11. The van der Waals surface area contributed by atoms with Crippen LogP contribution in [0.3, 0.4) is 0 Å². The van der Waals surface area contributed by atoms with E-state index in [4.69, 9.17) is 0 Å². The fraction of sp³-hybridized carbons (Fsp3) is 0.700. The summed E-state index contributed by atoms with van der Waals surface area (Å²) in [6.07, 6.45) is 10.6. The van der Waals surface area contributed by atoms with Crippen LogP contribution in [0.25, 0.3) is 0 Å². The number of anilines is 1. The Morgan fingerprint density at radius 2 is 1.62 bits per heavy atom. The van der Waals surface area contributed by atoms with Crippen LogP contribution >= 0.6 is 11.9 Å². The molecule has 0 bridgehead atoms. The van der Waals surface area contributed by atoms with Gasteiger partial charge < -0.3 is 10.0 Å². The van der Waals surface area contributed by atoms with Crippen LogP contribution in [-0.2, 0) is 25.7 Å². The first-order valence-electron chi connectivity index (χ1n) is 9.91. The molecule has 0 amide bonds. The molecule has 4 aliphatic rings. The molecular weight excluding hydrogens is 314 g/mol. The third kappa shape index (κ3) is 2.77. The van der Waals surface area contributed by atoms with Crippen molar-refractivity contribution >= 4 is 17.6 Å². The number of hydrogen-bond donors (Lipinski definition) is 2. The molecule has 0 unspecified atom stereocenters. The molecule has 2 fully saturated rings. The minimum Gasteiger partial charge on any atom is -0.329 e. The summed E-state index contributed by atoms with van der Waals surface area (Å²) in [4.78, 5) is 2.70. The summed E-state index contributed by atoms with van der Waals surface area (Å²) < 4.78 is 3.87. The van der Waals surface area contributed by atoms with Crippen molar-refractivity contribution < 1.29 is 0 Å². The van der Waals surface area contributed by atoms with Gasteiger partial charge in [0.05, 0.1) is 5.69 Å². The Hall–Kier alpha value is -0.710. The molecule has 0 saturated carbocycles. The van der Waals surface area contributed by atoms with Crippen LogP contribution in [0.2, 0.25) is 0 Å². The lowest BCUT2D eigenvalue weighted by atomic mass is 9.99. The number of hydrogen-bond acceptors (Lipinski definition) is 4. The number of nitrogens with one attached hydrogen (secondary N) is 2. The maximum absolute atomic E-state index is 3.87. The molecule has 2 aliphatic carbocycles. The van der Waals surface area contributed by atoms with Gasteiger partial charge in [0.25, 0.3) is 0 Å². The van der Waals surface area contributed by atoms with Crippen LogP contribution in [0.5, 0.6) is 0 Å². The summed E-state index contributed by atoms with van der Waals surface area (Å²) in [7, 11) is 0. The second-order valence-electron chi connectivity index (χ2n) is 8.00. The van der Waals surface area contributed by atoms with Gasteiger partial charge in [-0.1, -0.05) is 6.07 Å². The zero-order valence-corrected chi connectivity index (χ0v) is 15.4. The summed E-state index contributed by atoms with van der Waals surface area (Å²) in [5.41, 5.74) is 8.13. The first-order chi connectivity index (χ1) is 11.9. The van der Waals surface area contributed by atoms with Gasteiger partial charge in [0.2, 0.25) is 0 Å². The molecular formula is C20H29N3S. The standard InChI is InChI=1S/C20H29N3S/c1-3-14-11-15-4-2-6-19(15)20(18(14)5-1)22-24-17-7-9-23(10-8-17)16-12-21-13-16/h11,16-17,21-22H,1-10,12-13H2. The Kier molecular flexibility index (Phi) is 4.24. The van der Waals surface area contributed by atoms with E-state index in [1.165, 1.54) is 83.2 Å². The van der Waals surface area contributed by atoms with Crippen molar-refractivity contribution in [3.05, 3.63) is 28.3 Å². The second kappa shape index (κ2) is 6.54. The van der Waals surface area contributed by atoms with Gasteiger partial charge in [-0.3, -0.25) is 4.90 Å². The highest BCUT2D eigenvalue weighted by Gasteiger charge is 2.29. The summed E-state index contributed by atoms with van der Waals surface area (Å²) in [6.45, 7) is 4.99. The number of fused-ring (bicyclic) bond motifs is 2. The van der Waals surface area contributed by atoms with Crippen molar-refractivity contribution in [2.45, 2.75) is 62.7 Å². The fourth-order valence-electron chi connectivity index (χ4n) is 4.97. The highest BCUT2D eigenvalue weighted by molar-refractivity contribution is 8.01. The lowest BCUT2D eigenvalue weighted by Crippen LogP contribution is -2.58. The van der Waals surface area contributed by atoms with Crippen LogP contribution in [0, 0.1) is 0 Å². The average molecular weight is 344 g/mol. The molecule has 0 aromatic heterocycles. The van der Waals surface area contributed by atoms with E-state index in [0.29, 0.717) is 0 Å². The van der Waals surface area contributed by atoms with Gasteiger partial charge in [-0.15, -0.1) is 0 Å². The van der Waals surface area contributed by atoms with Crippen LogP contribution in [-0.4, -0.2) is 42.4 Å². The van der Waals surface area contributed by atoms with E-state index in [2.05, 4.69) is 21.0 Å². The van der Waals surface area contributed by atoms with E-state index in [9.17, 15) is 0 Å². The monoisotopic (exact) mass is 343 g/mol. The third-order valence-corrected chi connectivity index (χ3v) is 7.68. The smallest absolute Gasteiger partial charge is 0.0510 e. The minimum atomic E-state index is 0.781. The van der Waals surface area contributed by atoms with Gasteiger partial charge in [0, 0.05) is 24.4 Å². The molecule has 0 spiro atoms. The van der Waals surface area contributed by atoms with Gasteiger partial charge in [-0.2, -0.15) is 0 Å². The lowest BCUT2D eigenvalue weighted by molar-refractivity contribution is 0.123. The number of benzene rings is 1. The van der Waals surface area contributed by atoms with Crippen molar-refractivity contribution in [2.24, 2.45) is 0 Å². The van der Waals surface area contributed by atoms with Crippen molar-refractivity contribution in [1.29, 1.82) is 0 Å². The van der Waals surface area contributed by atoms with Gasteiger partial charge in [-0.25, -0.2) is 0 Å². The van der Waals surface area contributed by atoms with Crippen LogP contribution < -0.4 is 10.0 Å². The van der Waals surface area contributed by atoms with Crippen LogP contribution in [0.1, 0.15) is 47.9 Å². The van der Waals surface area contributed by atoms with Gasteiger partial charge in [-0.05, 0) is 98.7 Å². The van der Waals surface area contributed by atoms with E-state index < -0.39 is 0 Å². The minimum absolute atomic E-state index is 0.781. The van der Waals surface area contributed by atoms with Gasteiger partial charge in [0.15, 0.2) is 0 Å². The summed E-state index contributed by atoms with van der Waals surface area (Å²) in [5.74, 6) is 0. The molecule has 130 valence electrons. The van der Waals surface area contributed by atoms with E-state index in [-0.39, 0.29) is 0 Å². The van der Waals surface area contributed by atoms with Crippen molar-refractivity contribution in [1.82, 2.24) is 10.2 Å². The first kappa shape index (κ1) is 15.5. The molecule has 3 nitrogen and oxygen atoms in total. The molecule has 2 aliphatic heterocycles. The van der Waals surface area contributed by atoms with Crippen LogP contribution in [0.15, 0.2) is 6.07 Å². The SMILES string of the molecule is c1c2c(c(NSC3CCN(C4CNC4)CC3)c3c1CCC3)CCC2. The number of nitrogens with zero attached hydrogens (tertiary/aromatic N) is 1. The molecule has 2 heterocycles. The number of likely N-dealkylation sites (tertiary alicyclic amines) is 1. The first-order valence-corrected chi connectivity index (χ1v) is 10.8. The predicted molar refractivity (Wildman–Crippen MR) is 103 cm³/mol. The third-order valence-electron chi connectivity index (χ3n) is 6.55. The Morgan fingerprint density at radius 1 is 0.958 bits per heavy atom. The molecule has 0 atom stereocenters. The highest BCUT2D eigenvalue weighted by atomic mass is 32.2. The summed E-state index contributed by atoms with van der Waals surface area (Å²) in [6, 6.07) is 3.36. The zero-order valence-electron chi connectivity index (χ0n) is 14.6. The number of aryl methyl sites for hydroxylation is 2. The van der Waals surface area contributed by atoms with Gasteiger partial charge in [0.1, 0.15) is 0 Å². The molecule has 1 aromatic rings. The molecule has 0 radical (unpaired) electrons.